The Balaban J connectivity index is 2.30. The molecular formula is C16H18BrN3O. The molecule has 0 atom stereocenters. The number of amides is 1. The predicted octanol–water partition coefficient (Wildman–Crippen LogP) is 3.70. The number of nitrogens with two attached hydrogens (primary N) is 1. The number of benzene rings is 2. The van der Waals surface area contributed by atoms with Crippen LogP contribution in [-0.4, -0.2) is 13.0 Å². The third-order valence-corrected chi connectivity index (χ3v) is 3.75. The molecule has 0 aliphatic carbocycles. The van der Waals surface area contributed by atoms with Gasteiger partial charge in [-0.2, -0.15) is 0 Å². The first kappa shape index (κ1) is 15.4. The summed E-state index contributed by atoms with van der Waals surface area (Å²) in [5.41, 5.74) is 10.1. The molecule has 4 N–H and O–H groups in total. The third kappa shape index (κ3) is 3.55. The number of nitrogen functional groups attached to an aromatic ring is 1. The Labute approximate surface area is 132 Å². The lowest BCUT2D eigenvalue weighted by molar-refractivity contribution is 0.0963. The van der Waals surface area contributed by atoms with Crippen molar-refractivity contribution in [1.82, 2.24) is 5.32 Å². The normalized spacial score (nSPS) is 10.2. The molecule has 0 bridgehead atoms. The van der Waals surface area contributed by atoms with Crippen molar-refractivity contribution in [1.29, 1.82) is 0 Å². The Morgan fingerprint density at radius 1 is 1.19 bits per heavy atom. The van der Waals surface area contributed by atoms with Crippen molar-refractivity contribution in [3.63, 3.8) is 0 Å². The number of carbonyl (C=O) groups excluding carboxylic acids is 1. The fourth-order valence-corrected chi connectivity index (χ4v) is 2.49. The molecule has 0 aliphatic heterocycles. The number of carbonyl (C=O) groups is 1. The summed E-state index contributed by atoms with van der Waals surface area (Å²) in [6.07, 6.45) is 0.915. The quantitative estimate of drug-likeness (QED) is 0.738. The maximum absolute atomic E-state index is 11.6. The fourth-order valence-electron chi connectivity index (χ4n) is 2.08. The van der Waals surface area contributed by atoms with Gasteiger partial charge in [0.05, 0.1) is 11.4 Å². The molecular weight excluding hydrogens is 330 g/mol. The lowest BCUT2D eigenvalue weighted by Gasteiger charge is -2.14. The van der Waals surface area contributed by atoms with Crippen molar-refractivity contribution < 1.29 is 4.79 Å². The van der Waals surface area contributed by atoms with Crippen LogP contribution in [-0.2, 0) is 6.42 Å². The minimum atomic E-state index is -0.147. The maximum atomic E-state index is 11.6. The van der Waals surface area contributed by atoms with Gasteiger partial charge < -0.3 is 16.4 Å². The number of halogens is 1. The summed E-state index contributed by atoms with van der Waals surface area (Å²) < 4.78 is 1.05. The number of rotatable bonds is 4. The van der Waals surface area contributed by atoms with Crippen LogP contribution >= 0.6 is 15.9 Å². The largest absolute Gasteiger partial charge is 0.397 e. The van der Waals surface area contributed by atoms with E-state index in [9.17, 15) is 4.79 Å². The minimum Gasteiger partial charge on any atom is -0.397 e. The first-order valence-electron chi connectivity index (χ1n) is 6.72. The summed E-state index contributed by atoms with van der Waals surface area (Å²) in [4.78, 5) is 11.6. The van der Waals surface area contributed by atoms with E-state index in [2.05, 4.69) is 39.6 Å². The van der Waals surface area contributed by atoms with Gasteiger partial charge in [-0.05, 0) is 48.4 Å². The van der Waals surface area contributed by atoms with Crippen LogP contribution in [0.4, 0.5) is 17.1 Å². The molecule has 0 unspecified atom stereocenters. The number of anilines is 3. The van der Waals surface area contributed by atoms with Crippen molar-refractivity contribution in [3.8, 4) is 0 Å². The van der Waals surface area contributed by atoms with Gasteiger partial charge in [-0.15, -0.1) is 0 Å². The summed E-state index contributed by atoms with van der Waals surface area (Å²) in [7, 11) is 1.60. The Kier molecular flexibility index (Phi) is 4.85. The van der Waals surface area contributed by atoms with E-state index in [-0.39, 0.29) is 5.91 Å². The summed E-state index contributed by atoms with van der Waals surface area (Å²) in [5.74, 6) is -0.147. The van der Waals surface area contributed by atoms with Gasteiger partial charge >= 0.3 is 0 Å². The summed E-state index contributed by atoms with van der Waals surface area (Å²) in [6, 6.07) is 11.3. The highest BCUT2D eigenvalue weighted by Crippen LogP contribution is 2.28. The molecule has 0 fully saturated rings. The minimum absolute atomic E-state index is 0.147. The Morgan fingerprint density at radius 2 is 1.90 bits per heavy atom. The topological polar surface area (TPSA) is 67.2 Å². The van der Waals surface area contributed by atoms with Crippen LogP contribution in [0.25, 0.3) is 0 Å². The van der Waals surface area contributed by atoms with Crippen LogP contribution in [0.1, 0.15) is 22.8 Å². The molecule has 0 saturated heterocycles. The molecule has 110 valence electrons. The van der Waals surface area contributed by atoms with E-state index < -0.39 is 0 Å². The molecule has 0 heterocycles. The lowest BCUT2D eigenvalue weighted by atomic mass is 10.1. The van der Waals surface area contributed by atoms with Gasteiger partial charge in [-0.3, -0.25) is 4.79 Å². The molecule has 2 aromatic rings. The van der Waals surface area contributed by atoms with Gasteiger partial charge in [0.25, 0.3) is 5.91 Å². The van der Waals surface area contributed by atoms with Crippen LogP contribution in [0.15, 0.2) is 40.9 Å². The maximum Gasteiger partial charge on any atom is 0.251 e. The van der Waals surface area contributed by atoms with E-state index in [4.69, 9.17) is 5.73 Å². The van der Waals surface area contributed by atoms with Crippen LogP contribution in [0, 0.1) is 0 Å². The van der Waals surface area contributed by atoms with Crippen LogP contribution in [0.3, 0.4) is 0 Å². The average molecular weight is 348 g/mol. The first-order valence-corrected chi connectivity index (χ1v) is 7.51. The molecule has 0 saturated carbocycles. The van der Waals surface area contributed by atoms with Gasteiger partial charge in [0.15, 0.2) is 0 Å². The van der Waals surface area contributed by atoms with Crippen LogP contribution < -0.4 is 16.4 Å². The average Bonchev–Trinajstić information content (AvgIpc) is 2.49. The van der Waals surface area contributed by atoms with Crippen molar-refractivity contribution in [3.05, 3.63) is 52.0 Å². The van der Waals surface area contributed by atoms with Crippen molar-refractivity contribution in [2.24, 2.45) is 0 Å². The summed E-state index contributed by atoms with van der Waals surface area (Å²) >= 11 is 3.47. The number of nitrogens with one attached hydrogen (secondary N) is 2. The molecule has 5 heteroatoms. The van der Waals surface area contributed by atoms with Gasteiger partial charge in [0.1, 0.15) is 0 Å². The molecule has 0 aliphatic rings. The third-order valence-electron chi connectivity index (χ3n) is 3.26. The van der Waals surface area contributed by atoms with E-state index in [1.807, 2.05) is 18.2 Å². The predicted molar refractivity (Wildman–Crippen MR) is 91.0 cm³/mol. The van der Waals surface area contributed by atoms with Crippen LogP contribution in [0.5, 0.6) is 0 Å². The van der Waals surface area contributed by atoms with Gasteiger partial charge in [0.2, 0.25) is 0 Å². The van der Waals surface area contributed by atoms with E-state index in [0.717, 1.165) is 22.3 Å². The molecule has 2 aromatic carbocycles. The lowest BCUT2D eigenvalue weighted by Crippen LogP contribution is -2.18. The van der Waals surface area contributed by atoms with Gasteiger partial charge in [0, 0.05) is 22.8 Å². The number of aryl methyl sites for hydroxylation is 1. The van der Waals surface area contributed by atoms with E-state index in [1.165, 1.54) is 5.56 Å². The Bertz CT molecular complexity index is 671. The first-order chi connectivity index (χ1) is 10.0. The second-order valence-corrected chi connectivity index (χ2v) is 5.58. The molecule has 0 radical (unpaired) electrons. The highest BCUT2D eigenvalue weighted by Gasteiger charge is 2.08. The molecule has 0 spiro atoms. The molecule has 1 amide bonds. The smallest absolute Gasteiger partial charge is 0.251 e. The molecule has 4 nitrogen and oxygen atoms in total. The van der Waals surface area contributed by atoms with E-state index in [0.29, 0.717) is 11.3 Å². The van der Waals surface area contributed by atoms with Crippen LogP contribution in [0.2, 0.25) is 0 Å². The van der Waals surface area contributed by atoms with E-state index >= 15 is 0 Å². The summed E-state index contributed by atoms with van der Waals surface area (Å²) in [6.45, 7) is 2.10. The zero-order valence-electron chi connectivity index (χ0n) is 12.0. The highest BCUT2D eigenvalue weighted by molar-refractivity contribution is 9.10. The Hall–Kier alpha value is -2.01. The molecule has 21 heavy (non-hydrogen) atoms. The monoisotopic (exact) mass is 347 g/mol. The second kappa shape index (κ2) is 6.63. The van der Waals surface area contributed by atoms with Gasteiger partial charge in [-0.25, -0.2) is 0 Å². The standard InChI is InChI=1S/C16H18BrN3O/c1-3-10-8-12(17)5-7-14(10)20-15-6-4-11(9-13(15)18)16(21)19-2/h4-9,20H,3,18H2,1-2H3,(H,19,21). The molecule has 2 rings (SSSR count). The SMILES string of the molecule is CCc1cc(Br)ccc1Nc1ccc(C(=O)NC)cc1N. The zero-order chi connectivity index (χ0) is 15.4. The van der Waals surface area contributed by atoms with Crippen molar-refractivity contribution in [2.75, 3.05) is 18.1 Å². The highest BCUT2D eigenvalue weighted by atomic mass is 79.9. The van der Waals surface area contributed by atoms with E-state index in [1.54, 1.807) is 19.2 Å². The number of hydrogen-bond acceptors (Lipinski definition) is 3. The van der Waals surface area contributed by atoms with Crippen molar-refractivity contribution in [2.45, 2.75) is 13.3 Å². The fraction of sp³-hybridized carbons (Fsp3) is 0.188. The Morgan fingerprint density at radius 3 is 2.52 bits per heavy atom. The number of hydrogen-bond donors (Lipinski definition) is 3. The van der Waals surface area contributed by atoms with Crippen molar-refractivity contribution >= 4 is 38.9 Å². The summed E-state index contributed by atoms with van der Waals surface area (Å²) in [5, 5.41) is 5.91. The molecule has 0 aromatic heterocycles. The van der Waals surface area contributed by atoms with Gasteiger partial charge in [-0.1, -0.05) is 22.9 Å². The zero-order valence-corrected chi connectivity index (χ0v) is 13.6. The second-order valence-electron chi connectivity index (χ2n) is 4.66.